The van der Waals surface area contributed by atoms with E-state index in [0.29, 0.717) is 22.9 Å². The van der Waals surface area contributed by atoms with Crippen LogP contribution in [0.2, 0.25) is 9.36 Å². The average Bonchev–Trinajstić information content (AvgIpc) is 2.94. The maximum absolute atomic E-state index is 12.0. The summed E-state index contributed by atoms with van der Waals surface area (Å²) < 4.78 is 11.4. The molecule has 120 valence electrons. The molecule has 0 radical (unpaired) electrons. The Bertz CT molecular complexity index is 752. The number of nitrogens with zero attached hydrogens (tertiary/aromatic N) is 1. The summed E-state index contributed by atoms with van der Waals surface area (Å²) in [6, 6.07) is 8.58. The molecule has 0 bridgehead atoms. The van der Waals surface area contributed by atoms with Crippen molar-refractivity contribution >= 4 is 40.5 Å². The van der Waals surface area contributed by atoms with Crippen LogP contribution in [-0.2, 0) is 11.2 Å². The van der Waals surface area contributed by atoms with Gasteiger partial charge in [-0.3, -0.25) is 4.79 Å². The van der Waals surface area contributed by atoms with E-state index < -0.39 is 5.97 Å². The molecule has 4 nitrogen and oxygen atoms in total. The summed E-state index contributed by atoms with van der Waals surface area (Å²) in [7, 11) is 0. The highest BCUT2D eigenvalue weighted by Gasteiger charge is 2.16. The van der Waals surface area contributed by atoms with Crippen LogP contribution in [0.3, 0.4) is 0 Å². The number of thiophene rings is 1. The summed E-state index contributed by atoms with van der Waals surface area (Å²) in [4.78, 5) is 13.0. The molecule has 0 fully saturated rings. The van der Waals surface area contributed by atoms with Crippen molar-refractivity contribution in [3.8, 4) is 17.6 Å². The number of carbonyl (C=O) groups is 1. The van der Waals surface area contributed by atoms with Gasteiger partial charge in [0.05, 0.1) is 34.0 Å². The summed E-state index contributed by atoms with van der Waals surface area (Å²) in [5.41, 5.74) is 0.339. The van der Waals surface area contributed by atoms with Crippen molar-refractivity contribution in [1.29, 1.82) is 5.26 Å². The largest absolute Gasteiger partial charge is 0.490 e. The van der Waals surface area contributed by atoms with Crippen molar-refractivity contribution in [1.82, 2.24) is 0 Å². The molecule has 7 heteroatoms. The normalized spacial score (nSPS) is 10.2. The Labute approximate surface area is 148 Å². The number of carbonyl (C=O) groups excluding carboxylic acids is 1. The number of hydrogen-bond donors (Lipinski definition) is 0. The van der Waals surface area contributed by atoms with E-state index in [1.165, 1.54) is 23.5 Å². The highest BCUT2D eigenvalue weighted by Crippen LogP contribution is 2.37. The van der Waals surface area contributed by atoms with Crippen LogP contribution in [0.15, 0.2) is 24.3 Å². The summed E-state index contributed by atoms with van der Waals surface area (Å²) in [6.07, 6.45) is 0.729. The molecular weight excluding hydrogens is 357 g/mol. The van der Waals surface area contributed by atoms with Crippen molar-refractivity contribution in [2.75, 3.05) is 6.61 Å². The van der Waals surface area contributed by atoms with Crippen molar-refractivity contribution in [2.45, 2.75) is 19.8 Å². The standard InChI is InChI=1S/C16H13Cl2NO3S/c1-2-21-13-8-10(9-19)7-12(17)16(13)22-15(20)6-4-11-3-5-14(18)23-11/h3,5,7-8H,2,4,6H2,1H3. The number of benzene rings is 1. The average molecular weight is 370 g/mol. The van der Waals surface area contributed by atoms with E-state index in [9.17, 15) is 4.79 Å². The summed E-state index contributed by atoms with van der Waals surface area (Å²) in [5.74, 6) is -0.00659. The van der Waals surface area contributed by atoms with Crippen molar-refractivity contribution in [3.05, 3.63) is 44.1 Å². The van der Waals surface area contributed by atoms with Gasteiger partial charge >= 0.3 is 5.97 Å². The number of hydrogen-bond acceptors (Lipinski definition) is 5. The molecule has 0 atom stereocenters. The molecule has 0 spiro atoms. The number of esters is 1. The second-order valence-corrected chi connectivity index (χ2v) is 6.72. The maximum atomic E-state index is 12.0. The lowest BCUT2D eigenvalue weighted by atomic mass is 10.2. The second kappa shape index (κ2) is 8.21. The first-order valence-electron chi connectivity index (χ1n) is 6.84. The van der Waals surface area contributed by atoms with Crippen LogP contribution in [0, 0.1) is 11.3 Å². The number of rotatable bonds is 6. The van der Waals surface area contributed by atoms with Crippen LogP contribution in [-0.4, -0.2) is 12.6 Å². The van der Waals surface area contributed by atoms with E-state index >= 15 is 0 Å². The maximum Gasteiger partial charge on any atom is 0.311 e. The molecule has 0 aliphatic carbocycles. The zero-order chi connectivity index (χ0) is 16.8. The van der Waals surface area contributed by atoms with Crippen LogP contribution in [0.1, 0.15) is 23.8 Å². The van der Waals surface area contributed by atoms with Gasteiger partial charge < -0.3 is 9.47 Å². The van der Waals surface area contributed by atoms with Crippen LogP contribution in [0.25, 0.3) is 0 Å². The first-order valence-corrected chi connectivity index (χ1v) is 8.42. The summed E-state index contributed by atoms with van der Waals surface area (Å²) >= 11 is 13.4. The molecule has 0 amide bonds. The summed E-state index contributed by atoms with van der Waals surface area (Å²) in [6.45, 7) is 2.16. The first-order chi connectivity index (χ1) is 11.0. The Balaban J connectivity index is 2.09. The Morgan fingerprint density at radius 1 is 1.35 bits per heavy atom. The number of aryl methyl sites for hydroxylation is 1. The molecule has 0 saturated heterocycles. The fourth-order valence-electron chi connectivity index (χ4n) is 1.87. The minimum Gasteiger partial charge on any atom is -0.490 e. The van der Waals surface area contributed by atoms with Crippen LogP contribution in [0.4, 0.5) is 0 Å². The van der Waals surface area contributed by atoms with Crippen LogP contribution >= 0.6 is 34.5 Å². The van der Waals surface area contributed by atoms with Gasteiger partial charge in [-0.05, 0) is 31.5 Å². The third-order valence-corrected chi connectivity index (χ3v) is 4.43. The molecule has 0 aliphatic heterocycles. The lowest BCUT2D eigenvalue weighted by Crippen LogP contribution is -2.10. The third kappa shape index (κ3) is 4.87. The predicted molar refractivity (Wildman–Crippen MR) is 90.6 cm³/mol. The topological polar surface area (TPSA) is 59.3 Å². The fourth-order valence-corrected chi connectivity index (χ4v) is 3.21. The van der Waals surface area contributed by atoms with Gasteiger partial charge in [-0.2, -0.15) is 5.26 Å². The summed E-state index contributed by atoms with van der Waals surface area (Å²) in [5, 5.41) is 9.12. The molecule has 0 unspecified atom stereocenters. The number of nitriles is 1. The Kier molecular flexibility index (Phi) is 6.28. The smallest absolute Gasteiger partial charge is 0.311 e. The molecule has 2 aromatic rings. The molecular formula is C16H13Cl2NO3S. The molecule has 0 aliphatic rings. The van der Waals surface area contributed by atoms with Crippen molar-refractivity contribution in [3.63, 3.8) is 0 Å². The molecule has 2 rings (SSSR count). The second-order valence-electron chi connectivity index (χ2n) is 4.51. The van der Waals surface area contributed by atoms with E-state index in [1.54, 1.807) is 13.0 Å². The molecule has 0 saturated carbocycles. The minimum atomic E-state index is -0.429. The van der Waals surface area contributed by atoms with Gasteiger partial charge in [0.1, 0.15) is 0 Å². The van der Waals surface area contributed by atoms with E-state index in [-0.39, 0.29) is 22.9 Å². The highest BCUT2D eigenvalue weighted by atomic mass is 35.5. The minimum absolute atomic E-state index is 0.140. The Morgan fingerprint density at radius 3 is 2.74 bits per heavy atom. The quantitative estimate of drug-likeness (QED) is 0.538. The fraction of sp³-hybridized carbons (Fsp3) is 0.250. The first kappa shape index (κ1) is 17.6. The van der Waals surface area contributed by atoms with Crippen LogP contribution in [0.5, 0.6) is 11.5 Å². The van der Waals surface area contributed by atoms with Gasteiger partial charge in [-0.25, -0.2) is 0 Å². The Hall–Kier alpha value is -1.74. The highest BCUT2D eigenvalue weighted by molar-refractivity contribution is 7.16. The van der Waals surface area contributed by atoms with Gasteiger partial charge in [0.15, 0.2) is 11.5 Å². The monoisotopic (exact) mass is 369 g/mol. The number of halogens is 2. The van der Waals surface area contributed by atoms with E-state index in [0.717, 1.165) is 4.88 Å². The Morgan fingerprint density at radius 2 is 2.13 bits per heavy atom. The molecule has 1 aromatic carbocycles. The van der Waals surface area contributed by atoms with Gasteiger partial charge in [0.2, 0.25) is 0 Å². The lowest BCUT2D eigenvalue weighted by molar-refractivity contribution is -0.134. The third-order valence-electron chi connectivity index (χ3n) is 2.86. The zero-order valence-corrected chi connectivity index (χ0v) is 14.6. The molecule has 0 N–H and O–H groups in total. The zero-order valence-electron chi connectivity index (χ0n) is 12.3. The van der Waals surface area contributed by atoms with Gasteiger partial charge in [0, 0.05) is 10.9 Å². The molecule has 23 heavy (non-hydrogen) atoms. The van der Waals surface area contributed by atoms with Gasteiger partial charge in [-0.1, -0.05) is 23.2 Å². The SMILES string of the molecule is CCOc1cc(C#N)cc(Cl)c1OC(=O)CCc1ccc(Cl)s1. The van der Waals surface area contributed by atoms with E-state index in [2.05, 4.69) is 0 Å². The van der Waals surface area contributed by atoms with Gasteiger partial charge in [0.25, 0.3) is 0 Å². The van der Waals surface area contributed by atoms with Crippen molar-refractivity contribution in [2.24, 2.45) is 0 Å². The lowest BCUT2D eigenvalue weighted by Gasteiger charge is -2.12. The number of ether oxygens (including phenoxy) is 2. The van der Waals surface area contributed by atoms with Gasteiger partial charge in [-0.15, -0.1) is 11.3 Å². The molecule has 1 aromatic heterocycles. The van der Waals surface area contributed by atoms with Crippen molar-refractivity contribution < 1.29 is 14.3 Å². The predicted octanol–water partition coefficient (Wildman–Crippen LogP) is 4.86. The van der Waals surface area contributed by atoms with E-state index in [4.69, 9.17) is 37.9 Å². The molecule has 1 heterocycles. The van der Waals surface area contributed by atoms with E-state index in [1.807, 2.05) is 12.1 Å². The van der Waals surface area contributed by atoms with Crippen LogP contribution < -0.4 is 9.47 Å².